The Balaban J connectivity index is 0.000000594. The van der Waals surface area contributed by atoms with Gasteiger partial charge >= 0.3 is 0 Å². The van der Waals surface area contributed by atoms with E-state index in [1.807, 2.05) is 0 Å². The molecule has 0 heterocycles. The van der Waals surface area contributed by atoms with Crippen molar-refractivity contribution in [3.8, 4) is 0 Å². The molecule has 104 heavy (non-hydrogen) atoms. The van der Waals surface area contributed by atoms with Crippen molar-refractivity contribution in [3.63, 3.8) is 0 Å². The largest absolute Gasteiger partial charge is 0.393 e. The van der Waals surface area contributed by atoms with Crippen LogP contribution in [-0.2, 0) is 0 Å². The van der Waals surface area contributed by atoms with Crippen LogP contribution in [-0.4, -0.2) is 89.7 Å². The number of rotatable bonds is 16. The topological polar surface area (TPSA) is 162 Å². The smallest absolute Gasteiger partial charge is 0.0591 e. The average Bonchev–Trinajstić information content (AvgIpc) is 0.845. The normalized spacial score (nSPS) is 41.3. The summed E-state index contributed by atoms with van der Waals surface area (Å²) in [5.74, 6) is 22.8. The van der Waals surface area contributed by atoms with E-state index >= 15 is 0 Å². The molecule has 8 heteroatoms. The molecule has 8 aliphatic carbocycles. The van der Waals surface area contributed by atoms with Gasteiger partial charge in [0.15, 0.2) is 0 Å². The van der Waals surface area contributed by atoms with E-state index in [0.717, 1.165) is 158 Å². The first kappa shape index (κ1) is 102. The Morgan fingerprint density at radius 1 is 0.240 bits per heavy atom. The highest BCUT2D eigenvalue weighted by Crippen LogP contribution is 2.45. The molecular weight excluding hydrogens is 1280 g/mol. The van der Waals surface area contributed by atoms with Crippen molar-refractivity contribution in [1.29, 1.82) is 0 Å². The first-order valence-electron chi connectivity index (χ1n) is 45.6. The van der Waals surface area contributed by atoms with Gasteiger partial charge in [-0.25, -0.2) is 0 Å². The van der Waals surface area contributed by atoms with Crippen LogP contribution >= 0.6 is 0 Å². The zero-order chi connectivity index (χ0) is 80.1. The molecule has 8 rings (SSSR count). The summed E-state index contributed by atoms with van der Waals surface area (Å²) in [5, 5.41) is 78.0. The van der Waals surface area contributed by atoms with Crippen LogP contribution in [0.4, 0.5) is 0 Å². The molecule has 0 saturated heterocycles. The van der Waals surface area contributed by atoms with Crippen LogP contribution < -0.4 is 0 Å². The summed E-state index contributed by atoms with van der Waals surface area (Å²) in [6.45, 7) is 72.7. The van der Waals surface area contributed by atoms with E-state index in [1.54, 1.807) is 0 Å². The molecule has 0 spiro atoms. The maximum Gasteiger partial charge on any atom is 0.0591 e. The van der Waals surface area contributed by atoms with E-state index in [0.29, 0.717) is 88.8 Å². The highest BCUT2D eigenvalue weighted by molar-refractivity contribution is 4.90. The van der Waals surface area contributed by atoms with Crippen LogP contribution in [0.1, 0.15) is 376 Å². The van der Waals surface area contributed by atoms with Gasteiger partial charge in [-0.15, -0.1) is 0 Å². The molecule has 0 aliphatic heterocycles. The van der Waals surface area contributed by atoms with Crippen molar-refractivity contribution in [2.75, 3.05) is 0 Å². The molecule has 0 aromatic heterocycles. The van der Waals surface area contributed by atoms with Crippen LogP contribution in [0.5, 0.6) is 0 Å². The zero-order valence-corrected chi connectivity index (χ0v) is 75.6. The second-order valence-corrected chi connectivity index (χ2v) is 42.5. The summed E-state index contributed by atoms with van der Waals surface area (Å²) in [6.07, 6.45) is 27.8. The minimum Gasteiger partial charge on any atom is -0.393 e. The molecule has 624 valence electrons. The fourth-order valence-electron chi connectivity index (χ4n) is 21.7. The summed E-state index contributed by atoms with van der Waals surface area (Å²) in [7, 11) is 0. The predicted octanol–water partition coefficient (Wildman–Crippen LogP) is 24.6. The highest BCUT2D eigenvalue weighted by atomic mass is 16.3. The van der Waals surface area contributed by atoms with Gasteiger partial charge in [-0.3, -0.25) is 0 Å². The third-order valence-electron chi connectivity index (χ3n) is 29.1. The fourth-order valence-corrected chi connectivity index (χ4v) is 21.7. The Bertz CT molecular complexity index is 1970. The lowest BCUT2D eigenvalue weighted by atomic mass is 9.67. The molecule has 0 bridgehead atoms. The van der Waals surface area contributed by atoms with Gasteiger partial charge in [-0.1, -0.05) is 228 Å². The molecule has 29 unspecified atom stereocenters. The lowest BCUT2D eigenvalue weighted by molar-refractivity contribution is -0.0152. The van der Waals surface area contributed by atoms with Crippen molar-refractivity contribution in [1.82, 2.24) is 0 Å². The van der Waals surface area contributed by atoms with Gasteiger partial charge in [-0.05, 0) is 337 Å². The van der Waals surface area contributed by atoms with E-state index in [4.69, 9.17) is 0 Å². The molecule has 8 N–H and O–H groups in total. The van der Waals surface area contributed by atoms with Crippen molar-refractivity contribution >= 4 is 0 Å². The number of hydrogen-bond donors (Lipinski definition) is 8. The summed E-state index contributed by atoms with van der Waals surface area (Å²) in [6, 6.07) is 0. The predicted molar refractivity (Wildman–Crippen MR) is 452 cm³/mol. The number of aliphatic hydroxyl groups is 8. The first-order chi connectivity index (χ1) is 48.1. The Hall–Kier alpha value is -0.320. The van der Waals surface area contributed by atoms with Gasteiger partial charge < -0.3 is 40.9 Å². The fraction of sp³-hybridized carbons (Fsp3) is 1.00. The van der Waals surface area contributed by atoms with Crippen LogP contribution in [0, 0.1) is 189 Å². The minimum absolute atomic E-state index is 0.0325. The summed E-state index contributed by atoms with van der Waals surface area (Å²) >= 11 is 0. The van der Waals surface area contributed by atoms with Gasteiger partial charge in [0.1, 0.15) is 0 Å². The summed E-state index contributed by atoms with van der Waals surface area (Å²) in [4.78, 5) is 0. The molecule has 29 atom stereocenters. The monoisotopic (exact) mass is 1470 g/mol. The van der Waals surface area contributed by atoms with Crippen LogP contribution in [0.15, 0.2) is 0 Å². The van der Waals surface area contributed by atoms with Gasteiger partial charge in [0.25, 0.3) is 0 Å². The average molecular weight is 1470 g/mol. The van der Waals surface area contributed by atoms with Crippen LogP contribution in [0.25, 0.3) is 0 Å². The van der Waals surface area contributed by atoms with Crippen LogP contribution in [0.2, 0.25) is 0 Å². The molecule has 0 aromatic rings. The van der Waals surface area contributed by atoms with E-state index in [-0.39, 0.29) is 48.8 Å². The number of hydrogen-bond acceptors (Lipinski definition) is 8. The van der Waals surface area contributed by atoms with E-state index in [1.165, 1.54) is 96.3 Å². The molecular formula is C96H192O8. The van der Waals surface area contributed by atoms with E-state index in [9.17, 15) is 40.9 Å². The Morgan fingerprint density at radius 2 is 0.625 bits per heavy atom. The molecule has 0 amide bonds. The molecule has 0 radical (unpaired) electrons. The molecule has 0 aromatic carbocycles. The number of aliphatic hydroxyl groups excluding tert-OH is 8. The first-order valence-corrected chi connectivity index (χ1v) is 45.6. The summed E-state index contributed by atoms with van der Waals surface area (Å²) < 4.78 is 0. The molecule has 8 aliphatic rings. The Labute approximate surface area is 651 Å². The summed E-state index contributed by atoms with van der Waals surface area (Å²) in [5.41, 5.74) is 0. The zero-order valence-electron chi connectivity index (χ0n) is 75.6. The van der Waals surface area contributed by atoms with E-state index in [2.05, 4.69) is 222 Å². The Kier molecular flexibility index (Phi) is 50.3. The molecule has 8 saturated carbocycles. The standard InChI is InChI=1S/8C12H24O/c1-8(2)5-11-6-10(4)12(13)7-9(11)3;1-8(2)5-11-7-12(13)6-9(3)10(11)4;1-8(2)5-11-6-9(3)10(4)12(13)7-11;1-8(2)5-12-9(3)6-11(13)7-10(12)4;1-8(2)5-11-6-9(3)12(13)10(4)7-11;1-8(2)5-11-7-12(13)10(4)6-9(11)3;1-8(2)7-11-5-6-12(13)10(4)9(11)3;1-5-8(2)12-10(4)9(3)6-7-11(12)13/h8*8-13H,5-7H2,1-4H3. The maximum atomic E-state index is 9.96. The van der Waals surface area contributed by atoms with Gasteiger partial charge in [0.2, 0.25) is 0 Å². The van der Waals surface area contributed by atoms with Gasteiger partial charge in [0.05, 0.1) is 48.8 Å². The van der Waals surface area contributed by atoms with Crippen molar-refractivity contribution in [2.24, 2.45) is 189 Å². The van der Waals surface area contributed by atoms with Crippen LogP contribution in [0.3, 0.4) is 0 Å². The second-order valence-electron chi connectivity index (χ2n) is 42.5. The molecule has 8 fully saturated rings. The van der Waals surface area contributed by atoms with Crippen molar-refractivity contribution < 1.29 is 40.9 Å². The third kappa shape index (κ3) is 38.5. The quantitative estimate of drug-likeness (QED) is 0.0758. The lowest BCUT2D eigenvalue weighted by Crippen LogP contribution is -2.39. The minimum atomic E-state index is -0.0524. The van der Waals surface area contributed by atoms with Crippen molar-refractivity contribution in [2.45, 2.75) is 424 Å². The Morgan fingerprint density at radius 3 is 1.10 bits per heavy atom. The van der Waals surface area contributed by atoms with Gasteiger partial charge in [-0.2, -0.15) is 0 Å². The lowest BCUT2D eigenvalue weighted by Gasteiger charge is -2.41. The van der Waals surface area contributed by atoms with E-state index < -0.39 is 0 Å². The maximum absolute atomic E-state index is 9.96. The molecule has 8 nitrogen and oxygen atoms in total. The highest BCUT2D eigenvalue weighted by Gasteiger charge is 2.40. The second kappa shape index (κ2) is 51.4. The SMILES string of the molecule is CC(C)CC1C(C)CC(O)CC1C.CC(C)CC1CC(C)C(C)C(O)C1.CC(C)CC1CC(C)C(O)C(C)C1.CC(C)CC1CC(C)C(O)CC1C.CC(C)CC1CC(O)C(C)CC1C.CC(C)CC1CC(O)CC(C)C1C.CC(C)CC1CCC(O)C(C)C1C.CCC(C)C1C(O)CCC(C)C1C. The van der Waals surface area contributed by atoms with Gasteiger partial charge in [0, 0.05) is 0 Å². The van der Waals surface area contributed by atoms with Crippen molar-refractivity contribution in [3.05, 3.63) is 0 Å². The third-order valence-corrected chi connectivity index (χ3v) is 29.1.